The van der Waals surface area contributed by atoms with E-state index in [9.17, 15) is 22.0 Å². The van der Waals surface area contributed by atoms with Crippen molar-refractivity contribution in [2.45, 2.75) is 37.9 Å². The monoisotopic (exact) mass is 357 g/mol. The lowest BCUT2D eigenvalue weighted by atomic mass is 9.84. The van der Waals surface area contributed by atoms with Crippen LogP contribution in [0, 0.1) is 17.6 Å². The van der Waals surface area contributed by atoms with Crippen LogP contribution in [0.25, 0.3) is 0 Å². The summed E-state index contributed by atoms with van der Waals surface area (Å²) in [5.74, 6) is -3.01. The van der Waals surface area contributed by atoms with E-state index in [0.29, 0.717) is 19.3 Å². The quantitative estimate of drug-likeness (QED) is 0.562. The predicted octanol–water partition coefficient (Wildman–Crippen LogP) is 5.26. The van der Waals surface area contributed by atoms with Crippen molar-refractivity contribution in [1.29, 1.82) is 0 Å². The molecule has 0 spiro atoms. The predicted molar refractivity (Wildman–Crippen MR) is 69.5 cm³/mol. The molecule has 1 saturated carbocycles. The SMILES string of the molecule is Fc1cc(NC2CCCCC2C(F)(F)F)c(F)cc1Br. The van der Waals surface area contributed by atoms with Gasteiger partial charge >= 0.3 is 6.18 Å². The molecule has 1 nitrogen and oxygen atoms in total. The summed E-state index contributed by atoms with van der Waals surface area (Å²) >= 11 is 2.83. The van der Waals surface area contributed by atoms with Gasteiger partial charge in [0.25, 0.3) is 0 Å². The van der Waals surface area contributed by atoms with Crippen molar-refractivity contribution >= 4 is 21.6 Å². The van der Waals surface area contributed by atoms with E-state index in [4.69, 9.17) is 0 Å². The zero-order valence-electron chi connectivity index (χ0n) is 10.4. The van der Waals surface area contributed by atoms with Gasteiger partial charge in [0, 0.05) is 12.1 Å². The third-order valence-electron chi connectivity index (χ3n) is 3.54. The molecule has 1 aromatic rings. The van der Waals surface area contributed by atoms with E-state index in [2.05, 4.69) is 21.2 Å². The molecule has 1 aliphatic rings. The van der Waals surface area contributed by atoms with E-state index in [1.807, 2.05) is 0 Å². The first-order valence-electron chi connectivity index (χ1n) is 6.27. The normalized spacial score (nSPS) is 23.7. The van der Waals surface area contributed by atoms with Crippen LogP contribution >= 0.6 is 15.9 Å². The van der Waals surface area contributed by atoms with Crippen molar-refractivity contribution in [3.05, 3.63) is 28.2 Å². The molecule has 0 radical (unpaired) electrons. The summed E-state index contributed by atoms with van der Waals surface area (Å²) in [6, 6.07) is 0.865. The second-order valence-electron chi connectivity index (χ2n) is 4.93. The van der Waals surface area contributed by atoms with Crippen LogP contribution in [0.2, 0.25) is 0 Å². The van der Waals surface area contributed by atoms with Crippen molar-refractivity contribution < 1.29 is 22.0 Å². The van der Waals surface area contributed by atoms with Gasteiger partial charge < -0.3 is 5.32 Å². The molecule has 20 heavy (non-hydrogen) atoms. The van der Waals surface area contributed by atoms with Gasteiger partial charge in [0.15, 0.2) is 0 Å². The highest BCUT2D eigenvalue weighted by atomic mass is 79.9. The smallest absolute Gasteiger partial charge is 0.379 e. The van der Waals surface area contributed by atoms with Gasteiger partial charge in [0.2, 0.25) is 0 Å². The number of rotatable bonds is 2. The molecule has 1 aliphatic carbocycles. The minimum atomic E-state index is -4.33. The first-order chi connectivity index (χ1) is 9.29. The number of nitrogens with one attached hydrogen (secondary N) is 1. The number of alkyl halides is 3. The molecule has 0 aliphatic heterocycles. The van der Waals surface area contributed by atoms with Crippen LogP contribution < -0.4 is 5.32 Å². The highest BCUT2D eigenvalue weighted by molar-refractivity contribution is 9.10. The average molecular weight is 358 g/mol. The van der Waals surface area contributed by atoms with Crippen LogP contribution in [-0.4, -0.2) is 12.2 Å². The molecule has 2 unspecified atom stereocenters. The molecule has 1 fully saturated rings. The van der Waals surface area contributed by atoms with Crippen molar-refractivity contribution in [1.82, 2.24) is 0 Å². The Labute approximate surface area is 121 Å². The van der Waals surface area contributed by atoms with E-state index < -0.39 is 29.8 Å². The minimum absolute atomic E-state index is 0.0157. The second-order valence-corrected chi connectivity index (χ2v) is 5.78. The Kier molecular flexibility index (Phi) is 4.56. The Morgan fingerprint density at radius 3 is 2.35 bits per heavy atom. The highest BCUT2D eigenvalue weighted by Gasteiger charge is 2.45. The van der Waals surface area contributed by atoms with E-state index in [1.165, 1.54) is 0 Å². The summed E-state index contributed by atoms with van der Waals surface area (Å²) in [5, 5.41) is 2.52. The van der Waals surface area contributed by atoms with E-state index >= 15 is 0 Å². The lowest BCUT2D eigenvalue weighted by Gasteiger charge is -2.34. The third-order valence-corrected chi connectivity index (χ3v) is 4.14. The van der Waals surface area contributed by atoms with Crippen molar-refractivity contribution in [2.24, 2.45) is 5.92 Å². The summed E-state index contributed by atoms with van der Waals surface area (Å²) in [7, 11) is 0. The molecule has 0 bridgehead atoms. The standard InChI is InChI=1S/C13H13BrF5N/c14-8-5-10(16)12(6-9(8)15)20-11-4-2-1-3-7(11)13(17,18)19/h5-7,11,20H,1-4H2. The number of hydrogen-bond acceptors (Lipinski definition) is 1. The maximum atomic E-state index is 13.7. The highest BCUT2D eigenvalue weighted by Crippen LogP contribution is 2.39. The molecule has 0 heterocycles. The molecule has 1 N–H and O–H groups in total. The number of anilines is 1. The van der Waals surface area contributed by atoms with Gasteiger partial charge in [-0.05, 0) is 34.8 Å². The van der Waals surface area contributed by atoms with Gasteiger partial charge in [0.1, 0.15) is 11.6 Å². The molecule has 112 valence electrons. The third kappa shape index (κ3) is 3.42. The fourth-order valence-corrected chi connectivity index (χ4v) is 2.84. The minimum Gasteiger partial charge on any atom is -0.379 e. The topological polar surface area (TPSA) is 12.0 Å². The largest absolute Gasteiger partial charge is 0.393 e. The molecule has 7 heteroatoms. The van der Waals surface area contributed by atoms with Crippen LogP contribution in [0.1, 0.15) is 25.7 Å². The number of halogens is 6. The van der Waals surface area contributed by atoms with Crippen LogP contribution in [-0.2, 0) is 0 Å². The van der Waals surface area contributed by atoms with Gasteiger partial charge in [-0.25, -0.2) is 8.78 Å². The summed E-state index contributed by atoms with van der Waals surface area (Å²) < 4.78 is 65.7. The maximum absolute atomic E-state index is 13.7. The fraction of sp³-hybridized carbons (Fsp3) is 0.538. The zero-order valence-corrected chi connectivity index (χ0v) is 12.0. The van der Waals surface area contributed by atoms with E-state index in [-0.39, 0.29) is 16.6 Å². The Balaban J connectivity index is 2.21. The first kappa shape index (κ1) is 15.5. The van der Waals surface area contributed by atoms with Gasteiger partial charge in [-0.15, -0.1) is 0 Å². The zero-order chi connectivity index (χ0) is 14.9. The molecule has 0 aromatic heterocycles. The van der Waals surface area contributed by atoms with Crippen LogP contribution in [0.3, 0.4) is 0 Å². The van der Waals surface area contributed by atoms with Crippen molar-refractivity contribution in [3.8, 4) is 0 Å². The van der Waals surface area contributed by atoms with Gasteiger partial charge in [0.05, 0.1) is 16.1 Å². The van der Waals surface area contributed by atoms with Crippen molar-refractivity contribution in [3.63, 3.8) is 0 Å². The number of hydrogen-bond donors (Lipinski definition) is 1. The van der Waals surface area contributed by atoms with Gasteiger partial charge in [-0.3, -0.25) is 0 Å². The Morgan fingerprint density at radius 2 is 1.70 bits per heavy atom. The number of benzene rings is 1. The fourth-order valence-electron chi connectivity index (χ4n) is 2.53. The first-order valence-corrected chi connectivity index (χ1v) is 7.06. The molecule has 2 rings (SSSR count). The summed E-state index contributed by atoms with van der Waals surface area (Å²) in [4.78, 5) is 0. The van der Waals surface area contributed by atoms with E-state index in [0.717, 1.165) is 12.1 Å². The second kappa shape index (κ2) is 5.87. The average Bonchev–Trinajstić information content (AvgIpc) is 2.35. The molecular weight excluding hydrogens is 345 g/mol. The van der Waals surface area contributed by atoms with Crippen LogP contribution in [0.4, 0.5) is 27.6 Å². The van der Waals surface area contributed by atoms with E-state index in [1.54, 1.807) is 0 Å². The van der Waals surface area contributed by atoms with Crippen molar-refractivity contribution in [2.75, 3.05) is 5.32 Å². The molecule has 0 saturated heterocycles. The lowest BCUT2D eigenvalue weighted by molar-refractivity contribution is -0.184. The van der Waals surface area contributed by atoms with Crippen LogP contribution in [0.5, 0.6) is 0 Å². The molecule has 2 atom stereocenters. The maximum Gasteiger partial charge on any atom is 0.393 e. The van der Waals surface area contributed by atoms with Crippen LogP contribution in [0.15, 0.2) is 16.6 Å². The Hall–Kier alpha value is -0.850. The lowest BCUT2D eigenvalue weighted by Crippen LogP contribution is -2.41. The summed E-state index contributed by atoms with van der Waals surface area (Å²) in [6.07, 6.45) is -2.88. The van der Waals surface area contributed by atoms with Gasteiger partial charge in [-0.1, -0.05) is 12.8 Å². The summed E-state index contributed by atoms with van der Waals surface area (Å²) in [6.45, 7) is 0. The van der Waals surface area contributed by atoms with Gasteiger partial charge in [-0.2, -0.15) is 13.2 Å². The molecular formula is C13H13BrF5N. The summed E-state index contributed by atoms with van der Waals surface area (Å²) in [5.41, 5.74) is -0.230. The molecule has 0 amide bonds. The Morgan fingerprint density at radius 1 is 1.05 bits per heavy atom. The Bertz CT molecular complexity index is 488. The molecule has 1 aromatic carbocycles.